The van der Waals surface area contributed by atoms with Crippen molar-refractivity contribution in [2.45, 2.75) is 26.0 Å². The number of carbonyl (C=O) groups is 1. The molecule has 1 aliphatic heterocycles. The van der Waals surface area contributed by atoms with E-state index >= 15 is 0 Å². The topological polar surface area (TPSA) is 85.7 Å². The van der Waals surface area contributed by atoms with Gasteiger partial charge in [0.2, 0.25) is 0 Å². The first-order valence-corrected chi connectivity index (χ1v) is 10.3. The number of methoxy groups -OCH3 is 1. The number of hydrogen-bond acceptors (Lipinski definition) is 6. The van der Waals surface area contributed by atoms with Crippen molar-refractivity contribution in [3.05, 3.63) is 44.3 Å². The number of halogens is 2. The van der Waals surface area contributed by atoms with Crippen LogP contribution in [0.5, 0.6) is 0 Å². The highest BCUT2D eigenvalue weighted by atomic mass is 35.5. The Bertz CT molecular complexity index is 1010. The molecule has 2 unspecified atom stereocenters. The molecule has 162 valence electrons. The molecule has 2 heterocycles. The summed E-state index contributed by atoms with van der Waals surface area (Å²) in [6, 6.07) is 4.76. The van der Waals surface area contributed by atoms with Crippen LogP contribution in [0, 0.1) is 6.92 Å². The molecule has 1 amide bonds. The molecule has 10 heteroatoms. The van der Waals surface area contributed by atoms with Crippen LogP contribution in [0.3, 0.4) is 0 Å². The fraction of sp³-hybridized carbons (Fsp3) is 0.450. The summed E-state index contributed by atoms with van der Waals surface area (Å²) in [6.07, 6.45) is -0.705. The highest BCUT2D eigenvalue weighted by Gasteiger charge is 2.37. The molecular weight excluding hydrogens is 431 g/mol. The van der Waals surface area contributed by atoms with Crippen LogP contribution >= 0.6 is 23.2 Å². The minimum Gasteiger partial charge on any atom is -0.453 e. The van der Waals surface area contributed by atoms with Gasteiger partial charge in [-0.2, -0.15) is 0 Å². The molecule has 3 rings (SSSR count). The van der Waals surface area contributed by atoms with Crippen molar-refractivity contribution < 1.29 is 14.3 Å². The van der Waals surface area contributed by atoms with E-state index in [0.717, 1.165) is 0 Å². The summed E-state index contributed by atoms with van der Waals surface area (Å²) in [5.41, 5.74) is 1.23. The molecule has 1 fully saturated rings. The molecule has 1 aliphatic rings. The third-order valence-electron chi connectivity index (χ3n) is 5.05. The van der Waals surface area contributed by atoms with Crippen molar-refractivity contribution >= 4 is 35.0 Å². The van der Waals surface area contributed by atoms with Crippen molar-refractivity contribution in [2.24, 2.45) is 7.05 Å². The van der Waals surface area contributed by atoms with Gasteiger partial charge in [-0.25, -0.2) is 9.78 Å². The zero-order valence-electron chi connectivity index (χ0n) is 17.2. The number of benzene rings is 1. The largest absolute Gasteiger partial charge is 0.453 e. The van der Waals surface area contributed by atoms with E-state index in [9.17, 15) is 9.59 Å². The second kappa shape index (κ2) is 9.24. The van der Waals surface area contributed by atoms with Gasteiger partial charge in [-0.05, 0) is 32.0 Å². The fourth-order valence-corrected chi connectivity index (χ4v) is 4.04. The summed E-state index contributed by atoms with van der Waals surface area (Å²) in [5.74, 6) is 0.439. The van der Waals surface area contributed by atoms with Gasteiger partial charge >= 0.3 is 6.09 Å². The number of carbonyl (C=O) groups excluding carboxylic acids is 1. The molecular formula is C20H24Cl2N4O4. The number of anilines is 1. The van der Waals surface area contributed by atoms with E-state index in [1.807, 2.05) is 6.92 Å². The van der Waals surface area contributed by atoms with Crippen molar-refractivity contribution in [3.63, 3.8) is 0 Å². The predicted octanol–water partition coefficient (Wildman–Crippen LogP) is 3.33. The van der Waals surface area contributed by atoms with E-state index < -0.39 is 6.09 Å². The van der Waals surface area contributed by atoms with Gasteiger partial charge in [-0.1, -0.05) is 23.2 Å². The molecule has 30 heavy (non-hydrogen) atoms. The summed E-state index contributed by atoms with van der Waals surface area (Å²) in [7, 11) is 2.97. The lowest BCUT2D eigenvalue weighted by atomic mass is 10.1. The Labute approximate surface area is 184 Å². The first kappa shape index (κ1) is 22.4. The molecule has 0 saturated carbocycles. The maximum atomic E-state index is 13.1. The Morgan fingerprint density at radius 3 is 2.70 bits per heavy atom. The number of aromatic nitrogens is 2. The number of nitrogens with one attached hydrogen (secondary N) is 1. The van der Waals surface area contributed by atoms with E-state index in [2.05, 4.69) is 10.3 Å². The maximum absolute atomic E-state index is 13.1. The Kier molecular flexibility index (Phi) is 6.90. The van der Waals surface area contributed by atoms with Crippen LogP contribution < -0.4 is 10.9 Å². The zero-order chi connectivity index (χ0) is 22.0. The average Bonchev–Trinajstić information content (AvgIpc) is 3.10. The molecule has 1 aromatic carbocycles. The minimum absolute atomic E-state index is 0.254. The SMILES string of the molecule is CCOC1CN(C(=O)OC)CC1Nc1c(C)nc(-c2ccc(Cl)cc2Cl)n(C)c1=O. The molecule has 2 aromatic rings. The van der Waals surface area contributed by atoms with Crippen LogP contribution in [0.4, 0.5) is 10.5 Å². The van der Waals surface area contributed by atoms with Crippen LogP contribution in [0.25, 0.3) is 11.4 Å². The molecule has 0 spiro atoms. The smallest absolute Gasteiger partial charge is 0.409 e. The Morgan fingerprint density at radius 2 is 2.07 bits per heavy atom. The lowest BCUT2D eigenvalue weighted by molar-refractivity contribution is 0.0614. The second-order valence-electron chi connectivity index (χ2n) is 7.00. The standard InChI is InChI=1S/C20H24Cl2N4O4/c1-5-30-16-10-26(20(28)29-4)9-15(16)24-17-11(2)23-18(25(3)19(17)27)13-7-6-12(21)8-14(13)22/h6-8,15-16,24H,5,9-10H2,1-4H3. The van der Waals surface area contributed by atoms with Gasteiger partial charge in [-0.3, -0.25) is 9.36 Å². The lowest BCUT2D eigenvalue weighted by Gasteiger charge is -2.22. The van der Waals surface area contributed by atoms with Gasteiger partial charge in [0.05, 0.1) is 36.5 Å². The molecule has 1 N–H and O–H groups in total. The number of hydrogen-bond donors (Lipinski definition) is 1. The van der Waals surface area contributed by atoms with Crippen molar-refractivity contribution in [2.75, 3.05) is 32.1 Å². The van der Waals surface area contributed by atoms with Gasteiger partial charge in [0.25, 0.3) is 5.56 Å². The monoisotopic (exact) mass is 454 g/mol. The molecule has 0 aliphatic carbocycles. The van der Waals surface area contributed by atoms with Crippen molar-refractivity contribution in [1.29, 1.82) is 0 Å². The Balaban J connectivity index is 1.94. The number of amides is 1. The van der Waals surface area contributed by atoms with Gasteiger partial charge in [-0.15, -0.1) is 0 Å². The molecule has 1 aromatic heterocycles. The van der Waals surface area contributed by atoms with E-state index in [-0.39, 0.29) is 17.7 Å². The number of rotatable bonds is 5. The second-order valence-corrected chi connectivity index (χ2v) is 7.85. The molecule has 2 atom stereocenters. The maximum Gasteiger partial charge on any atom is 0.409 e. The Morgan fingerprint density at radius 1 is 1.33 bits per heavy atom. The summed E-state index contributed by atoms with van der Waals surface area (Å²) < 4.78 is 12.0. The normalized spacial score (nSPS) is 18.5. The predicted molar refractivity (Wildman–Crippen MR) is 116 cm³/mol. The first-order chi connectivity index (χ1) is 14.3. The van der Waals surface area contributed by atoms with E-state index in [1.165, 1.54) is 11.7 Å². The van der Waals surface area contributed by atoms with E-state index in [4.69, 9.17) is 32.7 Å². The summed E-state index contributed by atoms with van der Waals surface area (Å²) >= 11 is 12.3. The number of nitrogens with zero attached hydrogens (tertiary/aromatic N) is 3. The van der Waals surface area contributed by atoms with Crippen LogP contribution in [0.15, 0.2) is 23.0 Å². The number of ether oxygens (including phenoxy) is 2. The van der Waals surface area contributed by atoms with E-state index in [1.54, 1.807) is 37.1 Å². The van der Waals surface area contributed by atoms with Gasteiger partial charge in [0, 0.05) is 30.8 Å². The zero-order valence-corrected chi connectivity index (χ0v) is 18.8. The Hall–Kier alpha value is -2.29. The van der Waals surface area contributed by atoms with Crippen LogP contribution in [0.1, 0.15) is 12.6 Å². The highest BCUT2D eigenvalue weighted by Crippen LogP contribution is 2.29. The fourth-order valence-electron chi connectivity index (χ4n) is 3.55. The van der Waals surface area contributed by atoms with Gasteiger partial charge in [0.15, 0.2) is 0 Å². The van der Waals surface area contributed by atoms with E-state index in [0.29, 0.717) is 52.5 Å². The summed E-state index contributed by atoms with van der Waals surface area (Å²) in [6.45, 7) is 4.85. The summed E-state index contributed by atoms with van der Waals surface area (Å²) in [5, 5.41) is 4.15. The quantitative estimate of drug-likeness (QED) is 0.745. The first-order valence-electron chi connectivity index (χ1n) is 9.50. The third kappa shape index (κ3) is 4.40. The number of aryl methyl sites for hydroxylation is 1. The molecule has 0 bridgehead atoms. The van der Waals surface area contributed by atoms with Crippen LogP contribution in [0.2, 0.25) is 10.0 Å². The van der Waals surface area contributed by atoms with Crippen LogP contribution in [-0.4, -0.2) is 59.5 Å². The molecule has 0 radical (unpaired) electrons. The summed E-state index contributed by atoms with van der Waals surface area (Å²) in [4.78, 5) is 31.2. The minimum atomic E-state index is -0.431. The van der Waals surface area contributed by atoms with Crippen molar-refractivity contribution in [3.8, 4) is 11.4 Å². The van der Waals surface area contributed by atoms with Crippen LogP contribution in [-0.2, 0) is 16.5 Å². The lowest BCUT2D eigenvalue weighted by Crippen LogP contribution is -2.38. The third-order valence-corrected chi connectivity index (χ3v) is 5.60. The van der Waals surface area contributed by atoms with Gasteiger partial charge in [0.1, 0.15) is 11.5 Å². The van der Waals surface area contributed by atoms with Gasteiger partial charge < -0.3 is 19.7 Å². The number of likely N-dealkylation sites (tertiary alicyclic amines) is 1. The molecule has 1 saturated heterocycles. The molecule has 8 nitrogen and oxygen atoms in total. The van der Waals surface area contributed by atoms with Crippen molar-refractivity contribution in [1.82, 2.24) is 14.5 Å². The highest BCUT2D eigenvalue weighted by molar-refractivity contribution is 6.36. The average molecular weight is 455 g/mol.